The van der Waals surface area contributed by atoms with Crippen molar-refractivity contribution < 1.29 is 28.8 Å². The summed E-state index contributed by atoms with van der Waals surface area (Å²) in [5, 5.41) is 10.9. The Balaban J connectivity index is 1.96. The number of carbonyl (C=O) groups is 3. The number of ether oxygens (including phenoxy) is 2. The summed E-state index contributed by atoms with van der Waals surface area (Å²) >= 11 is 0. The van der Waals surface area contributed by atoms with E-state index < -0.39 is 17.1 Å². The average Bonchev–Trinajstić information content (AvgIpc) is 2.76. The van der Waals surface area contributed by atoms with E-state index in [2.05, 4.69) is 0 Å². The number of hydrogen-bond acceptors (Lipinski definition) is 7. The summed E-state index contributed by atoms with van der Waals surface area (Å²) in [5.74, 6) is -0.163. The molecule has 0 aliphatic heterocycles. The first kappa shape index (κ1) is 24.3. The molecule has 1 atom stereocenters. The summed E-state index contributed by atoms with van der Waals surface area (Å²) in [6.07, 6.45) is 6.06. The van der Waals surface area contributed by atoms with Gasteiger partial charge in [-0.2, -0.15) is 0 Å². The predicted molar refractivity (Wildman–Crippen MR) is 113 cm³/mol. The zero-order valence-electron chi connectivity index (χ0n) is 18.1. The van der Waals surface area contributed by atoms with Crippen molar-refractivity contribution in [2.24, 2.45) is 0 Å². The van der Waals surface area contributed by atoms with Crippen LogP contribution in [0.5, 0.6) is 5.75 Å². The van der Waals surface area contributed by atoms with E-state index in [1.54, 1.807) is 4.90 Å². The highest BCUT2D eigenvalue weighted by molar-refractivity contribution is 5.82. The Kier molecular flexibility index (Phi) is 9.42. The predicted octanol–water partition coefficient (Wildman–Crippen LogP) is 4.03. The molecule has 1 amide bonds. The van der Waals surface area contributed by atoms with Gasteiger partial charge in [0.25, 0.3) is 5.69 Å². The lowest BCUT2D eigenvalue weighted by Crippen LogP contribution is -2.49. The molecule has 0 aromatic heterocycles. The zero-order chi connectivity index (χ0) is 22.8. The molecule has 1 saturated carbocycles. The number of benzene rings is 1. The molecule has 0 spiro atoms. The van der Waals surface area contributed by atoms with E-state index in [-0.39, 0.29) is 36.2 Å². The van der Waals surface area contributed by atoms with Gasteiger partial charge in [0, 0.05) is 31.9 Å². The van der Waals surface area contributed by atoms with E-state index >= 15 is 0 Å². The molecule has 9 nitrogen and oxygen atoms in total. The summed E-state index contributed by atoms with van der Waals surface area (Å²) < 4.78 is 11.0. The zero-order valence-corrected chi connectivity index (χ0v) is 18.1. The minimum atomic E-state index is -0.626. The van der Waals surface area contributed by atoms with Crippen molar-refractivity contribution in [2.45, 2.75) is 77.5 Å². The van der Waals surface area contributed by atoms with Crippen LogP contribution in [-0.4, -0.2) is 46.9 Å². The first-order chi connectivity index (χ1) is 14.9. The second-order valence-electron chi connectivity index (χ2n) is 7.61. The van der Waals surface area contributed by atoms with Crippen LogP contribution in [0.1, 0.15) is 75.6 Å². The second kappa shape index (κ2) is 12.0. The minimum Gasteiger partial charge on any atom is -0.494 e. The van der Waals surface area contributed by atoms with Crippen LogP contribution < -0.4 is 4.74 Å². The van der Waals surface area contributed by atoms with Crippen molar-refractivity contribution in [3.63, 3.8) is 0 Å². The number of nitro groups is 1. The van der Waals surface area contributed by atoms with Gasteiger partial charge in [0.15, 0.2) is 12.5 Å². The van der Waals surface area contributed by atoms with Gasteiger partial charge in [-0.05, 0) is 31.4 Å². The molecule has 31 heavy (non-hydrogen) atoms. The van der Waals surface area contributed by atoms with Gasteiger partial charge in [-0.25, -0.2) is 0 Å². The third-order valence-corrected chi connectivity index (χ3v) is 5.34. The highest BCUT2D eigenvalue weighted by atomic mass is 16.6. The van der Waals surface area contributed by atoms with E-state index in [0.717, 1.165) is 32.1 Å². The Bertz CT molecular complexity index is 790. The van der Waals surface area contributed by atoms with Gasteiger partial charge in [0.1, 0.15) is 5.75 Å². The Hall–Kier alpha value is -2.97. The van der Waals surface area contributed by atoms with Crippen molar-refractivity contribution in [2.75, 3.05) is 6.61 Å². The number of rotatable bonds is 11. The van der Waals surface area contributed by atoms with Crippen LogP contribution in [0.3, 0.4) is 0 Å². The highest BCUT2D eigenvalue weighted by Crippen LogP contribution is 2.27. The summed E-state index contributed by atoms with van der Waals surface area (Å²) in [5.41, 5.74) is -0.342. The summed E-state index contributed by atoms with van der Waals surface area (Å²) in [6.45, 7) is 3.45. The van der Waals surface area contributed by atoms with E-state index in [0.29, 0.717) is 24.9 Å². The van der Waals surface area contributed by atoms with E-state index in [9.17, 15) is 24.5 Å². The van der Waals surface area contributed by atoms with Crippen LogP contribution in [0.2, 0.25) is 0 Å². The molecule has 9 heteroatoms. The fourth-order valence-electron chi connectivity index (χ4n) is 3.91. The number of esters is 1. The maximum Gasteiger partial charge on any atom is 0.304 e. The van der Waals surface area contributed by atoms with Crippen LogP contribution in [0, 0.1) is 10.1 Å². The molecule has 1 aromatic carbocycles. The summed E-state index contributed by atoms with van der Waals surface area (Å²) in [6, 6.07) is 4.03. The van der Waals surface area contributed by atoms with Crippen LogP contribution in [-0.2, 0) is 14.3 Å². The topological polar surface area (TPSA) is 116 Å². The lowest BCUT2D eigenvalue weighted by atomic mass is 9.93. The van der Waals surface area contributed by atoms with E-state index in [1.165, 1.54) is 25.1 Å². The molecule has 1 aliphatic carbocycles. The Morgan fingerprint density at radius 2 is 2.00 bits per heavy atom. The SMILES string of the molecule is CCC(OC(C)=O)N(C(=O)CCCOc1ccc([N+](=O)[O-])c(C=O)c1)C1CCCCC1. The number of nitrogens with zero attached hydrogens (tertiary/aromatic N) is 2. The minimum absolute atomic E-state index is 0.0609. The largest absolute Gasteiger partial charge is 0.494 e. The number of hydrogen-bond donors (Lipinski definition) is 0. The number of amides is 1. The molecular weight excluding hydrogens is 404 g/mol. The van der Waals surface area contributed by atoms with Gasteiger partial charge in [-0.3, -0.25) is 24.5 Å². The lowest BCUT2D eigenvalue weighted by Gasteiger charge is -2.39. The Labute approximate surface area is 181 Å². The normalized spacial score (nSPS) is 15.0. The number of nitro benzene ring substituents is 1. The van der Waals surface area contributed by atoms with Gasteiger partial charge in [0.2, 0.25) is 5.91 Å². The Morgan fingerprint density at radius 3 is 2.58 bits per heavy atom. The van der Waals surface area contributed by atoms with Gasteiger partial charge >= 0.3 is 5.97 Å². The number of aldehydes is 1. The Morgan fingerprint density at radius 1 is 1.29 bits per heavy atom. The molecule has 0 N–H and O–H groups in total. The molecule has 2 rings (SSSR count). The molecule has 0 heterocycles. The molecule has 0 saturated heterocycles. The molecule has 1 aliphatic rings. The maximum absolute atomic E-state index is 13.0. The van der Waals surface area contributed by atoms with E-state index in [4.69, 9.17) is 9.47 Å². The third kappa shape index (κ3) is 7.04. The summed E-state index contributed by atoms with van der Waals surface area (Å²) in [4.78, 5) is 47.6. The third-order valence-electron chi connectivity index (χ3n) is 5.34. The second-order valence-corrected chi connectivity index (χ2v) is 7.61. The average molecular weight is 434 g/mol. The fourth-order valence-corrected chi connectivity index (χ4v) is 3.91. The van der Waals surface area contributed by atoms with Crippen molar-refractivity contribution in [1.29, 1.82) is 0 Å². The standard InChI is InChI=1S/C22H30N2O7/c1-3-22(31-16(2)26)23(18-8-5-4-6-9-18)21(27)10-7-13-30-19-11-12-20(24(28)29)17(14-19)15-25/h11-12,14-15,18,22H,3-10,13H2,1-2H3. The molecule has 1 fully saturated rings. The van der Waals surface area contributed by atoms with E-state index in [1.807, 2.05) is 6.92 Å². The first-order valence-corrected chi connectivity index (χ1v) is 10.7. The van der Waals surface area contributed by atoms with Crippen LogP contribution >= 0.6 is 0 Å². The quantitative estimate of drug-likeness (QED) is 0.129. The fraction of sp³-hybridized carbons (Fsp3) is 0.591. The lowest BCUT2D eigenvalue weighted by molar-refractivity contribution is -0.385. The maximum atomic E-state index is 13.0. The van der Waals surface area contributed by atoms with Crippen LogP contribution in [0.25, 0.3) is 0 Å². The van der Waals surface area contributed by atoms with Gasteiger partial charge in [-0.15, -0.1) is 0 Å². The molecule has 170 valence electrons. The number of carbonyl (C=O) groups excluding carboxylic acids is 3. The molecule has 1 unspecified atom stereocenters. The van der Waals surface area contributed by atoms with Crippen LogP contribution in [0.4, 0.5) is 5.69 Å². The molecule has 0 bridgehead atoms. The first-order valence-electron chi connectivity index (χ1n) is 10.7. The van der Waals surface area contributed by atoms with Gasteiger partial charge in [0.05, 0.1) is 17.1 Å². The highest BCUT2D eigenvalue weighted by Gasteiger charge is 2.32. The van der Waals surface area contributed by atoms with Gasteiger partial charge < -0.3 is 14.4 Å². The molecule has 1 aromatic rings. The van der Waals surface area contributed by atoms with Crippen molar-refractivity contribution >= 4 is 23.9 Å². The summed E-state index contributed by atoms with van der Waals surface area (Å²) in [7, 11) is 0. The molecular formula is C22H30N2O7. The smallest absolute Gasteiger partial charge is 0.304 e. The van der Waals surface area contributed by atoms with Crippen molar-refractivity contribution in [3.8, 4) is 5.75 Å². The monoisotopic (exact) mass is 434 g/mol. The molecule has 0 radical (unpaired) electrons. The van der Waals surface area contributed by atoms with Crippen LogP contribution in [0.15, 0.2) is 18.2 Å². The van der Waals surface area contributed by atoms with Crippen molar-refractivity contribution in [1.82, 2.24) is 4.90 Å². The van der Waals surface area contributed by atoms with Crippen molar-refractivity contribution in [3.05, 3.63) is 33.9 Å². The van der Waals surface area contributed by atoms with Gasteiger partial charge in [-0.1, -0.05) is 26.2 Å².